The molecule has 0 aromatic rings. The van der Waals surface area contributed by atoms with Gasteiger partial charge in [0, 0.05) is 0 Å². The van der Waals surface area contributed by atoms with Crippen LogP contribution in [0.4, 0.5) is 0 Å². The predicted octanol–water partition coefficient (Wildman–Crippen LogP) is -7.30. The normalized spacial score (nSPS) is 7.38. The van der Waals surface area contributed by atoms with Crippen molar-refractivity contribution in [2.24, 2.45) is 0 Å². The molecule has 0 aliphatic rings. The van der Waals surface area contributed by atoms with Crippen LogP contribution < -0.4 is 37.7 Å². The molecule has 0 saturated carbocycles. The van der Waals surface area contributed by atoms with Gasteiger partial charge in [0.2, 0.25) is 0 Å². The van der Waals surface area contributed by atoms with Crippen LogP contribution in [0.25, 0.3) is 0 Å². The Morgan fingerprint density at radius 3 is 1.00 bits per heavy atom. The van der Waals surface area contributed by atoms with Gasteiger partial charge in [-0.3, -0.25) is 0 Å². The van der Waals surface area contributed by atoms with Crippen molar-refractivity contribution in [3.63, 3.8) is 0 Å². The second kappa shape index (κ2) is 8.84. The molecule has 0 amide bonds. The zero-order valence-electron chi connectivity index (χ0n) is 4.77. The Hall–Kier alpha value is 1.84. The van der Waals surface area contributed by atoms with E-state index >= 15 is 0 Å². The van der Waals surface area contributed by atoms with Gasteiger partial charge in [-0.1, -0.05) is 0 Å². The minimum absolute atomic E-state index is 0. The fourth-order valence-corrected chi connectivity index (χ4v) is 0. The van der Waals surface area contributed by atoms with Crippen LogP contribution in [0.5, 0.6) is 0 Å². The number of hydrogen-bond donors (Lipinski definition) is 3. The molecule has 4 nitrogen and oxygen atoms in total. The van der Waals surface area contributed by atoms with E-state index < -0.39 is 7.82 Å². The largest absolute Gasteiger partial charge is 3.00 e. The molecule has 8 heavy (non-hydrogen) atoms. The van der Waals surface area contributed by atoms with Gasteiger partial charge in [-0.15, -0.1) is 0 Å². The van der Waals surface area contributed by atoms with E-state index in [1.807, 2.05) is 0 Å². The molecule has 0 fully saturated rings. The third kappa shape index (κ3) is 109. The van der Waals surface area contributed by atoms with E-state index in [4.69, 9.17) is 19.2 Å². The Kier molecular flexibility index (Phi) is 24.9. The third-order valence-electron chi connectivity index (χ3n) is 0. The van der Waals surface area contributed by atoms with Crippen molar-refractivity contribution in [3.05, 3.63) is 0 Å². The van der Waals surface area contributed by atoms with Crippen molar-refractivity contribution in [2.75, 3.05) is 0 Å². The Labute approximate surface area is 81.8 Å². The molecule has 32 valence electrons. The van der Waals surface area contributed by atoms with Gasteiger partial charge in [0.1, 0.15) is 0 Å². The van der Waals surface area contributed by atoms with Gasteiger partial charge in [0.15, 0.2) is 0 Å². The first-order valence-electron chi connectivity index (χ1n) is 0.783. The molecular weight excluding hydrogens is 136 g/mol. The van der Waals surface area contributed by atoms with Gasteiger partial charge >= 0.3 is 62.9 Å². The quantitative estimate of drug-likeness (QED) is 0.230. The van der Waals surface area contributed by atoms with E-state index in [9.17, 15) is 0 Å². The average molecular weight is 139 g/mol. The summed E-state index contributed by atoms with van der Waals surface area (Å²) in [6, 6.07) is 0. The number of rotatable bonds is 0. The summed E-state index contributed by atoms with van der Waals surface area (Å²) in [5.41, 5.74) is 0. The molecule has 0 heterocycles. The first-order chi connectivity index (χ1) is 2.00. The zero-order valence-corrected chi connectivity index (χ0v) is 6.82. The van der Waals surface area contributed by atoms with Gasteiger partial charge in [0.25, 0.3) is 0 Å². The molecule has 0 aliphatic heterocycles. The molecule has 0 aliphatic carbocycles. The van der Waals surface area contributed by atoms with Crippen LogP contribution in [0.3, 0.4) is 0 Å². The van der Waals surface area contributed by atoms with Gasteiger partial charge in [-0.25, -0.2) is 4.57 Å². The molecule has 0 radical (unpaired) electrons. The molecule has 0 bridgehead atoms. The molecule has 0 atom stereocenters. The van der Waals surface area contributed by atoms with Crippen LogP contribution >= 0.6 is 7.82 Å². The maximum atomic E-state index is 8.88. The van der Waals surface area contributed by atoms with Crippen molar-refractivity contribution in [1.82, 2.24) is 0 Å². The fraction of sp³-hybridized carbons (Fsp3) is 0. The topological polar surface area (TPSA) is 77.8 Å². The monoisotopic (exact) mass is 139 g/mol. The van der Waals surface area contributed by atoms with E-state index in [2.05, 4.69) is 0 Å². The Morgan fingerprint density at radius 1 is 1.00 bits per heavy atom. The minimum Gasteiger partial charge on any atom is -0.303 e. The summed E-state index contributed by atoms with van der Waals surface area (Å²) in [7, 11) is -4.64. The van der Waals surface area contributed by atoms with E-state index in [0.717, 1.165) is 0 Å². The summed E-state index contributed by atoms with van der Waals surface area (Å²) in [5, 5.41) is 0. The first-order valence-corrected chi connectivity index (χ1v) is 2.35. The summed E-state index contributed by atoms with van der Waals surface area (Å²) >= 11 is 0. The molecule has 0 aromatic carbocycles. The fourth-order valence-electron chi connectivity index (χ4n) is 0. The molecular formula is H3AlLi2O4P+5. The summed E-state index contributed by atoms with van der Waals surface area (Å²) in [6.07, 6.45) is 0. The third-order valence-corrected chi connectivity index (χ3v) is 0. The predicted molar refractivity (Wildman–Crippen MR) is 20.0 cm³/mol. The van der Waals surface area contributed by atoms with Crippen molar-refractivity contribution < 1.29 is 57.0 Å². The molecule has 0 saturated heterocycles. The molecule has 3 N–H and O–H groups in total. The van der Waals surface area contributed by atoms with Gasteiger partial charge in [-0.05, 0) is 0 Å². The van der Waals surface area contributed by atoms with Crippen LogP contribution in [-0.2, 0) is 4.57 Å². The van der Waals surface area contributed by atoms with Crippen molar-refractivity contribution in [2.45, 2.75) is 0 Å². The average Bonchev–Trinajstić information content (AvgIpc) is 0.722. The minimum atomic E-state index is -4.64. The van der Waals surface area contributed by atoms with Crippen LogP contribution in [0.2, 0.25) is 0 Å². The maximum absolute atomic E-state index is 8.88. The van der Waals surface area contributed by atoms with E-state index in [1.165, 1.54) is 0 Å². The summed E-state index contributed by atoms with van der Waals surface area (Å²) in [4.78, 5) is 21.6. The molecule has 0 spiro atoms. The van der Waals surface area contributed by atoms with E-state index in [-0.39, 0.29) is 55.1 Å². The van der Waals surface area contributed by atoms with Crippen molar-refractivity contribution in [1.29, 1.82) is 0 Å². The van der Waals surface area contributed by atoms with Crippen molar-refractivity contribution in [3.8, 4) is 0 Å². The Balaban J connectivity index is -0.0000000267. The van der Waals surface area contributed by atoms with Crippen LogP contribution in [-0.4, -0.2) is 32.0 Å². The second-order valence-electron chi connectivity index (χ2n) is 0.513. The molecule has 8 heteroatoms. The SMILES string of the molecule is O=P(O)(O)O.[Al+3].[Li+].[Li+]. The summed E-state index contributed by atoms with van der Waals surface area (Å²) in [5.74, 6) is 0. The molecule has 0 aromatic heterocycles. The van der Waals surface area contributed by atoms with Gasteiger partial charge in [0.05, 0.1) is 0 Å². The first kappa shape index (κ1) is 22.5. The molecule has 0 unspecified atom stereocenters. The van der Waals surface area contributed by atoms with Crippen LogP contribution in [0, 0.1) is 0 Å². The molecule has 0 rings (SSSR count). The number of phosphoric acid groups is 1. The standard InChI is InChI=1S/Al.2Li.H3O4P/c;;;1-5(2,3)4/h;;;(H3,1,2,3,4)/q+3;2*+1;. The Bertz CT molecular complexity index is 60.2. The zero-order chi connectivity index (χ0) is 4.50. The van der Waals surface area contributed by atoms with Gasteiger partial charge in [-0.2, -0.15) is 0 Å². The summed E-state index contributed by atoms with van der Waals surface area (Å²) in [6.45, 7) is 0. The van der Waals surface area contributed by atoms with E-state index in [1.54, 1.807) is 0 Å². The van der Waals surface area contributed by atoms with Gasteiger partial charge < -0.3 is 14.7 Å². The van der Waals surface area contributed by atoms with Crippen LogP contribution in [0.1, 0.15) is 0 Å². The Morgan fingerprint density at radius 2 is 1.00 bits per heavy atom. The van der Waals surface area contributed by atoms with E-state index in [0.29, 0.717) is 0 Å². The summed E-state index contributed by atoms with van der Waals surface area (Å²) < 4.78 is 8.88. The number of hydrogen-bond acceptors (Lipinski definition) is 1. The smallest absolute Gasteiger partial charge is 0.303 e. The van der Waals surface area contributed by atoms with Crippen LogP contribution in [0.15, 0.2) is 0 Å². The van der Waals surface area contributed by atoms with Crippen molar-refractivity contribution >= 4 is 25.2 Å². The second-order valence-corrected chi connectivity index (χ2v) is 1.54. The maximum Gasteiger partial charge on any atom is 3.00 e.